The molecule has 0 aliphatic rings. The van der Waals surface area contributed by atoms with Crippen molar-refractivity contribution in [1.29, 1.82) is 0 Å². The van der Waals surface area contributed by atoms with Crippen molar-refractivity contribution < 1.29 is 18.3 Å². The highest BCUT2D eigenvalue weighted by atomic mass is 35.5. The number of aromatic carboxylic acids is 1. The van der Waals surface area contributed by atoms with Crippen LogP contribution in [0.5, 0.6) is 0 Å². The Morgan fingerprint density at radius 3 is 2.53 bits per heavy atom. The van der Waals surface area contributed by atoms with Crippen LogP contribution in [0.3, 0.4) is 0 Å². The molecule has 0 unspecified atom stereocenters. The van der Waals surface area contributed by atoms with E-state index in [1.165, 1.54) is 12.1 Å². The standard InChI is InChI=1S/C12H10Cl2O4S/c1-2-3-4-7-19(17,18)9-6-5-8(13)10(11(9)14)12(15)16/h5-6H,4,7H2,1H3,(H,15,16). The normalized spacial score (nSPS) is 10.7. The van der Waals surface area contributed by atoms with E-state index in [1.54, 1.807) is 6.92 Å². The molecule has 0 saturated carbocycles. The molecule has 1 aromatic carbocycles. The minimum Gasteiger partial charge on any atom is -0.478 e. The molecule has 1 aromatic rings. The van der Waals surface area contributed by atoms with Crippen molar-refractivity contribution in [3.05, 3.63) is 27.7 Å². The SMILES string of the molecule is CC#CCCS(=O)(=O)c1ccc(Cl)c(C(=O)O)c1Cl. The van der Waals surface area contributed by atoms with E-state index in [9.17, 15) is 13.2 Å². The summed E-state index contributed by atoms with van der Waals surface area (Å²) < 4.78 is 24.1. The third-order valence-electron chi connectivity index (χ3n) is 2.28. The van der Waals surface area contributed by atoms with E-state index in [-0.39, 0.29) is 27.1 Å². The zero-order valence-electron chi connectivity index (χ0n) is 9.91. The van der Waals surface area contributed by atoms with E-state index in [0.717, 1.165) is 0 Å². The maximum atomic E-state index is 12.0. The van der Waals surface area contributed by atoms with Crippen molar-refractivity contribution in [1.82, 2.24) is 0 Å². The summed E-state index contributed by atoms with van der Waals surface area (Å²) in [5.41, 5.74) is -0.411. The van der Waals surface area contributed by atoms with Crippen molar-refractivity contribution in [2.45, 2.75) is 18.2 Å². The number of halogens is 2. The van der Waals surface area contributed by atoms with Gasteiger partial charge < -0.3 is 5.11 Å². The Hall–Kier alpha value is -1.22. The van der Waals surface area contributed by atoms with Crippen molar-refractivity contribution in [2.24, 2.45) is 0 Å². The quantitative estimate of drug-likeness (QED) is 0.866. The van der Waals surface area contributed by atoms with Crippen LogP contribution >= 0.6 is 23.2 Å². The van der Waals surface area contributed by atoms with E-state index in [1.807, 2.05) is 0 Å². The van der Waals surface area contributed by atoms with E-state index < -0.39 is 21.4 Å². The first-order valence-electron chi connectivity index (χ1n) is 5.15. The second-order valence-corrected chi connectivity index (χ2v) is 6.40. The first kappa shape index (κ1) is 15.8. The Labute approximate surface area is 121 Å². The van der Waals surface area contributed by atoms with E-state index in [2.05, 4.69) is 11.8 Å². The summed E-state index contributed by atoms with van der Waals surface area (Å²) >= 11 is 11.5. The van der Waals surface area contributed by atoms with Gasteiger partial charge in [0.2, 0.25) is 0 Å². The molecule has 7 heteroatoms. The smallest absolute Gasteiger partial charge is 0.338 e. The lowest BCUT2D eigenvalue weighted by molar-refractivity contribution is 0.0697. The summed E-state index contributed by atoms with van der Waals surface area (Å²) in [6.07, 6.45) is 0.153. The molecular weight excluding hydrogens is 311 g/mol. The first-order chi connectivity index (χ1) is 8.81. The third-order valence-corrected chi connectivity index (χ3v) is 4.85. The van der Waals surface area contributed by atoms with Gasteiger partial charge in [-0.25, -0.2) is 13.2 Å². The van der Waals surface area contributed by atoms with Gasteiger partial charge in [0.15, 0.2) is 9.84 Å². The molecule has 0 atom stereocenters. The highest BCUT2D eigenvalue weighted by molar-refractivity contribution is 7.91. The molecule has 0 amide bonds. The van der Waals surface area contributed by atoms with E-state index >= 15 is 0 Å². The largest absolute Gasteiger partial charge is 0.478 e. The minimum absolute atomic E-state index is 0.107. The molecule has 0 aliphatic carbocycles. The summed E-state index contributed by atoms with van der Waals surface area (Å²) in [4.78, 5) is 10.8. The van der Waals surface area contributed by atoms with Crippen molar-refractivity contribution in [3.63, 3.8) is 0 Å². The predicted molar refractivity (Wildman–Crippen MR) is 73.5 cm³/mol. The topological polar surface area (TPSA) is 71.4 Å². The average molecular weight is 321 g/mol. The molecule has 0 saturated heterocycles. The summed E-state index contributed by atoms with van der Waals surface area (Å²) in [5, 5.41) is 8.49. The van der Waals surface area contributed by atoms with Gasteiger partial charge in [-0.1, -0.05) is 23.2 Å². The molecule has 0 bridgehead atoms. The first-order valence-corrected chi connectivity index (χ1v) is 7.55. The van der Waals surface area contributed by atoms with Gasteiger partial charge in [0.1, 0.15) is 0 Å². The molecule has 0 aromatic heterocycles. The molecule has 1 N–H and O–H groups in total. The van der Waals surface area contributed by atoms with Crippen molar-refractivity contribution in [2.75, 3.05) is 5.75 Å². The zero-order chi connectivity index (χ0) is 14.6. The van der Waals surface area contributed by atoms with Crippen LogP contribution in [0.15, 0.2) is 17.0 Å². The molecule has 0 fully saturated rings. The maximum absolute atomic E-state index is 12.0. The number of sulfone groups is 1. The maximum Gasteiger partial charge on any atom is 0.338 e. The Balaban J connectivity index is 3.31. The van der Waals surface area contributed by atoms with Gasteiger partial charge >= 0.3 is 5.97 Å². The Morgan fingerprint density at radius 1 is 1.37 bits per heavy atom. The minimum atomic E-state index is -3.69. The van der Waals surface area contributed by atoms with Crippen LogP contribution in [0.2, 0.25) is 10.0 Å². The van der Waals surface area contributed by atoms with Gasteiger partial charge in [0, 0.05) is 6.42 Å². The molecule has 0 aliphatic heterocycles. The van der Waals surface area contributed by atoms with Crippen LogP contribution in [0, 0.1) is 11.8 Å². The molecule has 19 heavy (non-hydrogen) atoms. The lowest BCUT2D eigenvalue weighted by Crippen LogP contribution is -2.10. The van der Waals surface area contributed by atoms with Crippen molar-refractivity contribution in [3.8, 4) is 11.8 Å². The summed E-state index contributed by atoms with van der Waals surface area (Å²) in [5.74, 6) is 3.61. The average Bonchev–Trinajstić information content (AvgIpc) is 2.28. The van der Waals surface area contributed by atoms with Gasteiger partial charge in [-0.05, 0) is 19.1 Å². The second-order valence-electron chi connectivity index (χ2n) is 3.54. The Kier molecular flexibility index (Phi) is 5.24. The number of carbonyl (C=O) groups is 1. The van der Waals surface area contributed by atoms with Crippen molar-refractivity contribution >= 4 is 39.0 Å². The zero-order valence-corrected chi connectivity index (χ0v) is 12.2. The fraction of sp³-hybridized carbons (Fsp3) is 0.250. The highest BCUT2D eigenvalue weighted by Crippen LogP contribution is 2.31. The number of carboxylic acid groups (broad SMARTS) is 1. The Bertz CT molecular complexity index is 669. The fourth-order valence-corrected chi connectivity index (χ4v) is 3.52. The summed E-state index contributed by atoms with van der Waals surface area (Å²) in [7, 11) is -3.69. The lowest BCUT2D eigenvalue weighted by Gasteiger charge is -2.08. The second kappa shape index (κ2) is 6.29. The summed E-state index contributed by atoms with van der Waals surface area (Å²) in [6.45, 7) is 1.60. The monoisotopic (exact) mass is 320 g/mol. The van der Waals surface area contributed by atoms with Gasteiger partial charge in [-0.3, -0.25) is 0 Å². The molecule has 0 heterocycles. The van der Waals surface area contributed by atoms with Crippen LogP contribution in [-0.4, -0.2) is 25.2 Å². The van der Waals surface area contributed by atoms with Crippen LogP contribution < -0.4 is 0 Å². The highest BCUT2D eigenvalue weighted by Gasteiger charge is 2.24. The number of carboxylic acids is 1. The number of rotatable bonds is 4. The van der Waals surface area contributed by atoms with Gasteiger partial charge in [-0.2, -0.15) is 0 Å². The van der Waals surface area contributed by atoms with E-state index in [4.69, 9.17) is 28.3 Å². The molecule has 1 rings (SSSR count). The predicted octanol–water partition coefficient (Wildman–Crippen LogP) is 2.88. The number of hydrogen-bond donors (Lipinski definition) is 1. The van der Waals surface area contributed by atoms with E-state index in [0.29, 0.717) is 0 Å². The van der Waals surface area contributed by atoms with Crippen LogP contribution in [0.1, 0.15) is 23.7 Å². The Morgan fingerprint density at radius 2 is 2.00 bits per heavy atom. The molecular formula is C12H10Cl2O4S. The summed E-state index contributed by atoms with van der Waals surface area (Å²) in [6, 6.07) is 2.40. The lowest BCUT2D eigenvalue weighted by atomic mass is 10.2. The number of hydrogen-bond acceptors (Lipinski definition) is 3. The number of benzene rings is 1. The molecule has 0 spiro atoms. The molecule has 4 nitrogen and oxygen atoms in total. The fourth-order valence-electron chi connectivity index (χ4n) is 1.39. The van der Waals surface area contributed by atoms with Crippen LogP contribution in [-0.2, 0) is 9.84 Å². The van der Waals surface area contributed by atoms with Crippen LogP contribution in [0.4, 0.5) is 0 Å². The van der Waals surface area contributed by atoms with Gasteiger partial charge in [0.25, 0.3) is 0 Å². The van der Waals surface area contributed by atoms with Gasteiger partial charge in [-0.15, -0.1) is 11.8 Å². The van der Waals surface area contributed by atoms with Gasteiger partial charge in [0.05, 0.1) is 26.3 Å². The molecule has 102 valence electrons. The molecule has 0 radical (unpaired) electrons. The third kappa shape index (κ3) is 3.63. The van der Waals surface area contributed by atoms with Crippen LogP contribution in [0.25, 0.3) is 0 Å².